The van der Waals surface area contributed by atoms with Crippen molar-refractivity contribution >= 4 is 41.3 Å². The monoisotopic (exact) mass is 453 g/mol. The third-order valence-corrected chi connectivity index (χ3v) is 4.14. The molecule has 0 bridgehead atoms. The molecule has 23 heavy (non-hydrogen) atoms. The van der Waals surface area contributed by atoms with E-state index in [-0.39, 0.29) is 29.4 Å². The summed E-state index contributed by atoms with van der Waals surface area (Å²) in [5.74, 6) is 1.31. The molecule has 1 heterocycles. The molecule has 1 aromatic rings. The Labute approximate surface area is 162 Å². The van der Waals surface area contributed by atoms with E-state index in [2.05, 4.69) is 72.7 Å². The number of aliphatic imine (C=N–C) groups is 1. The number of thiazole rings is 1. The van der Waals surface area contributed by atoms with Crippen LogP contribution in [-0.2, 0) is 6.54 Å². The van der Waals surface area contributed by atoms with Gasteiger partial charge in [0.05, 0.1) is 12.2 Å². The fourth-order valence-electron chi connectivity index (χ4n) is 2.29. The number of halogens is 1. The van der Waals surface area contributed by atoms with Crippen LogP contribution in [0.3, 0.4) is 0 Å². The summed E-state index contributed by atoms with van der Waals surface area (Å²) in [7, 11) is 6.00. The van der Waals surface area contributed by atoms with Crippen molar-refractivity contribution in [3.05, 3.63) is 16.1 Å². The largest absolute Gasteiger partial charge is 0.356 e. The molecule has 0 aliphatic rings. The highest BCUT2D eigenvalue weighted by atomic mass is 127. The van der Waals surface area contributed by atoms with Gasteiger partial charge in [-0.2, -0.15) is 0 Å². The fourth-order valence-corrected chi connectivity index (χ4v) is 3.18. The zero-order valence-corrected chi connectivity index (χ0v) is 18.6. The zero-order valence-electron chi connectivity index (χ0n) is 15.4. The molecular weight excluding hydrogens is 421 g/mol. The van der Waals surface area contributed by atoms with Crippen molar-refractivity contribution in [3.8, 4) is 0 Å². The SMILES string of the molecule is CN=C(NCc1nc(C(C)C)cs1)NCC(C)(C)CN(C)C.I. The lowest BCUT2D eigenvalue weighted by Crippen LogP contribution is -2.44. The minimum absolute atomic E-state index is 0. The Kier molecular flexibility index (Phi) is 10.3. The van der Waals surface area contributed by atoms with Crippen LogP contribution in [0.15, 0.2) is 10.4 Å². The average Bonchev–Trinajstić information content (AvgIpc) is 2.86. The number of nitrogens with one attached hydrogen (secondary N) is 2. The Morgan fingerprint density at radius 1 is 1.35 bits per heavy atom. The Balaban J connectivity index is 0.00000484. The van der Waals surface area contributed by atoms with Crippen LogP contribution >= 0.6 is 35.3 Å². The molecule has 0 aliphatic heterocycles. The van der Waals surface area contributed by atoms with Gasteiger partial charge in [0, 0.05) is 25.5 Å². The molecule has 0 amide bonds. The van der Waals surface area contributed by atoms with Crippen LogP contribution in [0.25, 0.3) is 0 Å². The second-order valence-electron chi connectivity index (χ2n) is 7.00. The smallest absolute Gasteiger partial charge is 0.191 e. The van der Waals surface area contributed by atoms with Crippen molar-refractivity contribution in [1.82, 2.24) is 20.5 Å². The van der Waals surface area contributed by atoms with Gasteiger partial charge in [-0.15, -0.1) is 35.3 Å². The first-order valence-electron chi connectivity index (χ1n) is 7.77. The van der Waals surface area contributed by atoms with Gasteiger partial charge in [-0.1, -0.05) is 27.7 Å². The second kappa shape index (κ2) is 10.5. The molecule has 5 nitrogen and oxygen atoms in total. The molecule has 134 valence electrons. The lowest BCUT2D eigenvalue weighted by molar-refractivity contribution is 0.241. The van der Waals surface area contributed by atoms with Crippen LogP contribution < -0.4 is 10.6 Å². The summed E-state index contributed by atoms with van der Waals surface area (Å²) < 4.78 is 0. The van der Waals surface area contributed by atoms with Crippen molar-refractivity contribution in [2.24, 2.45) is 10.4 Å². The van der Waals surface area contributed by atoms with Gasteiger partial charge in [0.25, 0.3) is 0 Å². The van der Waals surface area contributed by atoms with Crippen molar-refractivity contribution < 1.29 is 0 Å². The lowest BCUT2D eigenvalue weighted by atomic mass is 9.93. The van der Waals surface area contributed by atoms with Gasteiger partial charge in [-0.3, -0.25) is 4.99 Å². The number of rotatable bonds is 7. The molecule has 0 fully saturated rings. The van der Waals surface area contributed by atoms with E-state index in [0.29, 0.717) is 12.5 Å². The minimum Gasteiger partial charge on any atom is -0.356 e. The van der Waals surface area contributed by atoms with Gasteiger partial charge in [-0.25, -0.2) is 4.98 Å². The summed E-state index contributed by atoms with van der Waals surface area (Å²) in [5.41, 5.74) is 1.35. The van der Waals surface area contributed by atoms with Crippen molar-refractivity contribution in [2.45, 2.75) is 40.2 Å². The molecule has 0 aromatic carbocycles. The van der Waals surface area contributed by atoms with Crippen LogP contribution in [0.5, 0.6) is 0 Å². The van der Waals surface area contributed by atoms with E-state index in [4.69, 9.17) is 0 Å². The number of hydrogen-bond donors (Lipinski definition) is 2. The Morgan fingerprint density at radius 2 is 2.00 bits per heavy atom. The third kappa shape index (κ3) is 8.85. The van der Waals surface area contributed by atoms with Crippen molar-refractivity contribution in [3.63, 3.8) is 0 Å². The fraction of sp³-hybridized carbons (Fsp3) is 0.750. The molecule has 0 radical (unpaired) electrons. The number of hydrogen-bond acceptors (Lipinski definition) is 4. The van der Waals surface area contributed by atoms with E-state index in [1.165, 1.54) is 0 Å². The normalized spacial score (nSPS) is 12.5. The van der Waals surface area contributed by atoms with Gasteiger partial charge < -0.3 is 15.5 Å². The maximum Gasteiger partial charge on any atom is 0.191 e. The first-order chi connectivity index (χ1) is 10.2. The van der Waals surface area contributed by atoms with E-state index in [9.17, 15) is 0 Å². The molecule has 1 rings (SSSR count). The van der Waals surface area contributed by atoms with E-state index in [1.807, 2.05) is 0 Å². The molecule has 0 spiro atoms. The van der Waals surface area contributed by atoms with Crippen LogP contribution in [-0.4, -0.2) is 50.1 Å². The summed E-state index contributed by atoms with van der Waals surface area (Å²) in [5, 5.41) is 9.97. The predicted molar refractivity (Wildman–Crippen MR) is 112 cm³/mol. The van der Waals surface area contributed by atoms with Gasteiger partial charge in [-0.05, 0) is 25.4 Å². The topological polar surface area (TPSA) is 52.6 Å². The minimum atomic E-state index is 0. The molecule has 2 N–H and O–H groups in total. The third-order valence-electron chi connectivity index (χ3n) is 3.27. The van der Waals surface area contributed by atoms with Crippen LogP contribution in [0.2, 0.25) is 0 Å². The summed E-state index contributed by atoms with van der Waals surface area (Å²) in [6.07, 6.45) is 0. The Morgan fingerprint density at radius 3 is 2.48 bits per heavy atom. The molecule has 0 saturated carbocycles. The molecule has 7 heteroatoms. The maximum absolute atomic E-state index is 4.63. The predicted octanol–water partition coefficient (Wildman–Crippen LogP) is 3.14. The average molecular weight is 453 g/mol. The lowest BCUT2D eigenvalue weighted by Gasteiger charge is -2.29. The van der Waals surface area contributed by atoms with Crippen LogP contribution in [0, 0.1) is 5.41 Å². The molecular formula is C16H32IN5S. The second-order valence-corrected chi connectivity index (χ2v) is 7.94. The highest BCUT2D eigenvalue weighted by molar-refractivity contribution is 14.0. The Bertz CT molecular complexity index is 483. The summed E-state index contributed by atoms with van der Waals surface area (Å²) >= 11 is 1.70. The van der Waals surface area contributed by atoms with E-state index < -0.39 is 0 Å². The molecule has 1 aromatic heterocycles. The molecule has 0 atom stereocenters. The van der Waals surface area contributed by atoms with Crippen molar-refractivity contribution in [2.75, 3.05) is 34.2 Å². The van der Waals surface area contributed by atoms with E-state index >= 15 is 0 Å². The van der Waals surface area contributed by atoms with E-state index in [1.54, 1.807) is 18.4 Å². The molecule has 0 unspecified atom stereocenters. The van der Waals surface area contributed by atoms with Crippen LogP contribution in [0.1, 0.15) is 44.3 Å². The van der Waals surface area contributed by atoms with Crippen molar-refractivity contribution in [1.29, 1.82) is 0 Å². The zero-order chi connectivity index (χ0) is 16.8. The van der Waals surface area contributed by atoms with Gasteiger partial charge in [0.15, 0.2) is 5.96 Å². The number of aromatic nitrogens is 1. The number of guanidine groups is 1. The number of nitrogens with zero attached hydrogens (tertiary/aromatic N) is 3. The standard InChI is InChI=1S/C16H31N5S.HI/c1-12(2)13-9-22-14(20-13)8-18-15(17-5)19-10-16(3,4)11-21(6)7;/h9,12H,8,10-11H2,1-7H3,(H2,17,18,19);1H. The maximum atomic E-state index is 4.63. The van der Waals surface area contributed by atoms with Gasteiger partial charge in [0.2, 0.25) is 0 Å². The quantitative estimate of drug-likeness (QED) is 0.379. The van der Waals surface area contributed by atoms with E-state index in [0.717, 1.165) is 29.8 Å². The molecule has 0 aliphatic carbocycles. The summed E-state index contributed by atoms with van der Waals surface area (Å²) in [4.78, 5) is 11.1. The first-order valence-corrected chi connectivity index (χ1v) is 8.65. The molecule has 0 saturated heterocycles. The highest BCUT2D eigenvalue weighted by Gasteiger charge is 2.19. The highest BCUT2D eigenvalue weighted by Crippen LogP contribution is 2.17. The van der Waals surface area contributed by atoms with Crippen LogP contribution in [0.4, 0.5) is 0 Å². The Hall–Kier alpha value is -0.410. The summed E-state index contributed by atoms with van der Waals surface area (Å²) in [6.45, 7) is 11.5. The van der Waals surface area contributed by atoms with Gasteiger partial charge >= 0.3 is 0 Å². The first kappa shape index (κ1) is 22.6. The van der Waals surface area contributed by atoms with Gasteiger partial charge in [0.1, 0.15) is 5.01 Å². The summed E-state index contributed by atoms with van der Waals surface area (Å²) in [6, 6.07) is 0.